The average Bonchev–Trinajstić information content (AvgIpc) is 2.53. The molecule has 0 aromatic heterocycles. The van der Waals surface area contributed by atoms with E-state index in [4.69, 9.17) is 13.3 Å². The number of carbonyl (C=O) groups excluding carboxylic acids is 2. The molecule has 23 heavy (non-hydrogen) atoms. The molecular weight excluding hydrogens is 335 g/mol. The molecule has 0 radical (unpaired) electrons. The Kier molecular flexibility index (Phi) is 11.1. The van der Waals surface area contributed by atoms with Crippen molar-refractivity contribution in [3.8, 4) is 0 Å². The molecule has 0 saturated carbocycles. The van der Waals surface area contributed by atoms with Gasteiger partial charge in [-0.3, -0.25) is 9.11 Å². The Morgan fingerprint density at radius 2 is 1.00 bits per heavy atom. The second kappa shape index (κ2) is 11.9. The molecule has 118 valence electrons. The van der Waals surface area contributed by atoms with Gasteiger partial charge in [0.05, 0.1) is 11.1 Å². The van der Waals surface area contributed by atoms with E-state index < -0.39 is 23.3 Å². The fourth-order valence-corrected chi connectivity index (χ4v) is 1.32. The summed E-state index contributed by atoms with van der Waals surface area (Å²) in [7, 11) is 0. The SMILES string of the molecule is O=C(OOC(=O)c1ccccc1)c1ccccc1.O=S(O)O.[NaH]. The van der Waals surface area contributed by atoms with E-state index in [2.05, 4.69) is 9.78 Å². The molecule has 0 heterocycles. The van der Waals surface area contributed by atoms with Crippen LogP contribution in [-0.2, 0) is 21.1 Å². The Morgan fingerprint density at radius 3 is 1.26 bits per heavy atom. The minimum absolute atomic E-state index is 0. The van der Waals surface area contributed by atoms with Crippen molar-refractivity contribution in [2.45, 2.75) is 0 Å². The summed E-state index contributed by atoms with van der Waals surface area (Å²) in [4.78, 5) is 31.9. The monoisotopic (exact) mass is 348 g/mol. The summed E-state index contributed by atoms with van der Waals surface area (Å²) in [5.74, 6) is -1.42. The van der Waals surface area contributed by atoms with Gasteiger partial charge in [-0.2, -0.15) is 4.21 Å². The van der Waals surface area contributed by atoms with Crippen LogP contribution in [0.2, 0.25) is 0 Å². The van der Waals surface area contributed by atoms with Crippen molar-refractivity contribution < 1.29 is 32.7 Å². The zero-order valence-electron chi connectivity index (χ0n) is 11.1. The van der Waals surface area contributed by atoms with E-state index in [-0.39, 0.29) is 29.6 Å². The van der Waals surface area contributed by atoms with Gasteiger partial charge in [0.1, 0.15) is 0 Å². The number of hydrogen-bond acceptors (Lipinski definition) is 5. The Bertz CT molecular complexity index is 579. The third-order valence-corrected chi connectivity index (χ3v) is 2.21. The molecule has 0 atom stereocenters. The van der Waals surface area contributed by atoms with Crippen LogP contribution in [0.5, 0.6) is 0 Å². The normalized spacial score (nSPS) is 9.00. The van der Waals surface area contributed by atoms with Gasteiger partial charge in [-0.05, 0) is 24.3 Å². The van der Waals surface area contributed by atoms with E-state index >= 15 is 0 Å². The van der Waals surface area contributed by atoms with Crippen molar-refractivity contribution in [3.63, 3.8) is 0 Å². The van der Waals surface area contributed by atoms with Gasteiger partial charge in [0, 0.05) is 0 Å². The van der Waals surface area contributed by atoms with Gasteiger partial charge < -0.3 is 0 Å². The summed E-state index contributed by atoms with van der Waals surface area (Å²) in [6.07, 6.45) is 0. The van der Waals surface area contributed by atoms with Crippen LogP contribution in [-0.4, -0.2) is 54.8 Å². The summed E-state index contributed by atoms with van der Waals surface area (Å²) < 4.78 is 22.8. The van der Waals surface area contributed by atoms with Gasteiger partial charge in [-0.25, -0.2) is 19.4 Å². The van der Waals surface area contributed by atoms with Crippen molar-refractivity contribution in [1.82, 2.24) is 0 Å². The molecule has 0 fully saturated rings. The molecule has 0 saturated heterocycles. The molecule has 0 amide bonds. The predicted molar refractivity (Wildman–Crippen MR) is 84.3 cm³/mol. The van der Waals surface area contributed by atoms with Crippen molar-refractivity contribution in [1.29, 1.82) is 0 Å². The molecule has 0 unspecified atom stereocenters. The van der Waals surface area contributed by atoms with Gasteiger partial charge in [0.25, 0.3) is 11.4 Å². The second-order valence-electron chi connectivity index (χ2n) is 3.70. The molecule has 2 N–H and O–H groups in total. The minimum atomic E-state index is -2.61. The number of benzene rings is 2. The summed E-state index contributed by atoms with van der Waals surface area (Å²) >= 11 is -2.61. The van der Waals surface area contributed by atoms with Crippen LogP contribution in [0.25, 0.3) is 0 Å². The Balaban J connectivity index is 0.000000871. The van der Waals surface area contributed by atoms with Gasteiger partial charge >= 0.3 is 41.5 Å². The molecule has 2 aromatic carbocycles. The maximum atomic E-state index is 11.5. The van der Waals surface area contributed by atoms with Crippen LogP contribution in [0.15, 0.2) is 60.7 Å². The molecule has 7 nitrogen and oxygen atoms in total. The van der Waals surface area contributed by atoms with E-state index in [1.54, 1.807) is 60.7 Å². The predicted octanol–water partition coefficient (Wildman–Crippen LogP) is 1.65. The zero-order valence-corrected chi connectivity index (χ0v) is 11.9. The Labute approximate surface area is 156 Å². The van der Waals surface area contributed by atoms with E-state index in [0.717, 1.165) is 0 Å². The van der Waals surface area contributed by atoms with Crippen LogP contribution in [0.1, 0.15) is 20.7 Å². The van der Waals surface area contributed by atoms with Crippen molar-refractivity contribution in [3.05, 3.63) is 71.8 Å². The van der Waals surface area contributed by atoms with Crippen LogP contribution in [0.3, 0.4) is 0 Å². The number of carbonyl (C=O) groups is 2. The second-order valence-corrected chi connectivity index (χ2v) is 4.17. The fraction of sp³-hybridized carbons (Fsp3) is 0. The van der Waals surface area contributed by atoms with Gasteiger partial charge in [0.15, 0.2) is 0 Å². The topological polar surface area (TPSA) is 110 Å². The average molecular weight is 348 g/mol. The van der Waals surface area contributed by atoms with Crippen LogP contribution >= 0.6 is 0 Å². The van der Waals surface area contributed by atoms with Crippen molar-refractivity contribution >= 4 is 52.9 Å². The van der Waals surface area contributed by atoms with Crippen LogP contribution in [0.4, 0.5) is 0 Å². The molecule has 2 rings (SSSR count). The standard InChI is InChI=1S/C14H10O4.Na.H2O3S.H/c15-13(11-7-3-1-4-8-11)17-18-14(16)12-9-5-2-6-10-12;;1-4(2)3;/h1-10H;;(H2,1,2,3);. The van der Waals surface area contributed by atoms with E-state index in [1.165, 1.54) is 0 Å². The van der Waals surface area contributed by atoms with Crippen LogP contribution in [0, 0.1) is 0 Å². The molecule has 0 spiro atoms. The van der Waals surface area contributed by atoms with Gasteiger partial charge in [0.2, 0.25) is 0 Å². The Hall–Kier alpha value is -1.55. The molecule has 0 aliphatic heterocycles. The first-order valence-corrected chi connectivity index (χ1v) is 6.90. The third kappa shape index (κ3) is 9.24. The summed E-state index contributed by atoms with van der Waals surface area (Å²) in [6.45, 7) is 0. The molecule has 0 aliphatic rings. The first kappa shape index (κ1) is 21.5. The zero-order chi connectivity index (χ0) is 16.4. The number of hydrogen-bond donors (Lipinski definition) is 2. The Morgan fingerprint density at radius 1 is 0.739 bits per heavy atom. The van der Waals surface area contributed by atoms with E-state index in [1.807, 2.05) is 0 Å². The van der Waals surface area contributed by atoms with E-state index in [0.29, 0.717) is 11.1 Å². The molecule has 0 bridgehead atoms. The first-order valence-electron chi connectivity index (χ1n) is 5.84. The number of rotatable bonds is 2. The quantitative estimate of drug-likeness (QED) is 0.367. The summed E-state index contributed by atoms with van der Waals surface area (Å²) in [5, 5.41) is 0. The molecule has 2 aromatic rings. The fourth-order valence-electron chi connectivity index (χ4n) is 1.32. The third-order valence-electron chi connectivity index (χ3n) is 2.21. The van der Waals surface area contributed by atoms with Gasteiger partial charge in [-0.15, -0.1) is 0 Å². The maximum absolute atomic E-state index is 11.5. The van der Waals surface area contributed by atoms with Crippen molar-refractivity contribution in [2.24, 2.45) is 0 Å². The molecule has 0 aliphatic carbocycles. The van der Waals surface area contributed by atoms with Gasteiger partial charge in [-0.1, -0.05) is 36.4 Å². The summed E-state index contributed by atoms with van der Waals surface area (Å²) in [5.41, 5.74) is 0.636. The summed E-state index contributed by atoms with van der Waals surface area (Å²) in [6, 6.07) is 16.6. The molecular formula is C14H13NaO7S. The van der Waals surface area contributed by atoms with Crippen LogP contribution < -0.4 is 0 Å². The molecule has 9 heteroatoms. The first-order chi connectivity index (χ1) is 10.5. The van der Waals surface area contributed by atoms with Crippen molar-refractivity contribution in [2.75, 3.05) is 0 Å². The van der Waals surface area contributed by atoms with E-state index in [9.17, 15) is 9.59 Å².